The molecule has 2 rings (SSSR count). The first kappa shape index (κ1) is 21.7. The maximum atomic E-state index is 12.3. The summed E-state index contributed by atoms with van der Waals surface area (Å²) in [7, 11) is -0.588. The van der Waals surface area contributed by atoms with Crippen molar-refractivity contribution in [2.75, 3.05) is 40.3 Å². The van der Waals surface area contributed by atoms with Gasteiger partial charge in [0.25, 0.3) is 10.2 Å². The van der Waals surface area contributed by atoms with Crippen molar-refractivity contribution in [1.29, 1.82) is 0 Å². The quantitative estimate of drug-likeness (QED) is 0.539. The molecule has 0 bridgehead atoms. The summed E-state index contributed by atoms with van der Waals surface area (Å²) in [6, 6.07) is 5.68. The lowest BCUT2D eigenvalue weighted by Crippen LogP contribution is -2.52. The van der Waals surface area contributed by atoms with Crippen LogP contribution in [0.2, 0.25) is 0 Å². The Morgan fingerprint density at radius 2 is 1.67 bits per heavy atom. The van der Waals surface area contributed by atoms with Crippen LogP contribution in [0.4, 0.5) is 13.2 Å². The molecule has 150 valence electrons. The minimum atomic E-state index is -4.34. The molecule has 1 aliphatic heterocycles. The summed E-state index contributed by atoms with van der Waals surface area (Å²) in [5.41, 5.74) is -3.74. The normalized spacial score (nSPS) is 17.0. The van der Waals surface area contributed by atoms with E-state index >= 15 is 0 Å². The number of carbonyl (C=O) groups excluding carboxylic acids is 1. The molecular weight excluding hydrogens is 403 g/mol. The van der Waals surface area contributed by atoms with Crippen molar-refractivity contribution >= 4 is 34.0 Å². The Bertz CT molecular complexity index is 785. The van der Waals surface area contributed by atoms with Crippen LogP contribution >= 0.6 is 11.8 Å². The molecule has 0 aliphatic carbocycles. The van der Waals surface area contributed by atoms with Gasteiger partial charge < -0.3 is 4.90 Å². The molecule has 1 aromatic rings. The van der Waals surface area contributed by atoms with Crippen LogP contribution in [0, 0.1) is 0 Å². The Labute approximate surface area is 160 Å². The monoisotopic (exact) mass is 423 g/mol. The van der Waals surface area contributed by atoms with Crippen LogP contribution in [0.3, 0.4) is 0 Å². The summed E-state index contributed by atoms with van der Waals surface area (Å²) >= 11 is -0.196. The molecular formula is C16H20F3N3O3S2. The second-order valence-corrected chi connectivity index (χ2v) is 9.25. The number of amides is 1. The van der Waals surface area contributed by atoms with Gasteiger partial charge in [-0.1, -0.05) is 12.1 Å². The van der Waals surface area contributed by atoms with E-state index in [-0.39, 0.29) is 48.7 Å². The molecule has 6 nitrogen and oxygen atoms in total. The van der Waals surface area contributed by atoms with Crippen LogP contribution in [0.1, 0.15) is 5.56 Å². The molecule has 1 saturated heterocycles. The second kappa shape index (κ2) is 8.63. The van der Waals surface area contributed by atoms with Crippen LogP contribution in [0.5, 0.6) is 0 Å². The maximum Gasteiger partial charge on any atom is 0.446 e. The molecule has 1 amide bonds. The molecule has 1 aliphatic rings. The molecule has 0 spiro atoms. The van der Waals surface area contributed by atoms with Crippen LogP contribution < -0.4 is 0 Å². The first-order valence-electron chi connectivity index (χ1n) is 7.99. The van der Waals surface area contributed by atoms with Gasteiger partial charge in [-0.25, -0.2) is 0 Å². The summed E-state index contributed by atoms with van der Waals surface area (Å²) in [5, 5.41) is 0. The van der Waals surface area contributed by atoms with Crippen LogP contribution in [-0.4, -0.2) is 73.6 Å². The van der Waals surface area contributed by atoms with E-state index in [0.29, 0.717) is 5.56 Å². The molecule has 11 heteroatoms. The Hall–Kier alpha value is -1.56. The number of hydrogen-bond donors (Lipinski definition) is 0. The molecule has 0 saturated carbocycles. The highest BCUT2D eigenvalue weighted by molar-refractivity contribution is 8.00. The Kier molecular flexibility index (Phi) is 6.95. The van der Waals surface area contributed by atoms with E-state index in [9.17, 15) is 26.4 Å². The number of thioether (sulfide) groups is 1. The highest BCUT2D eigenvalue weighted by Crippen LogP contribution is 2.36. The van der Waals surface area contributed by atoms with Gasteiger partial charge in [-0.2, -0.15) is 30.2 Å². The molecule has 27 heavy (non-hydrogen) atoms. The van der Waals surface area contributed by atoms with Gasteiger partial charge in [-0.05, 0) is 35.5 Å². The average molecular weight is 423 g/mol. The van der Waals surface area contributed by atoms with Gasteiger partial charge in [0.05, 0.1) is 0 Å². The number of alkyl halides is 3. The van der Waals surface area contributed by atoms with Crippen molar-refractivity contribution in [3.05, 3.63) is 35.9 Å². The Balaban J connectivity index is 1.91. The number of piperazine rings is 1. The number of benzene rings is 1. The summed E-state index contributed by atoms with van der Waals surface area (Å²) in [5.74, 6) is -0.273. The standard InChI is InChI=1S/C16H20F3N3O3S2/c1-20(2)27(24,25)22-11-9-21(10-12-22)15(23)8-5-13-3-6-14(7-4-13)26-16(17,18)19/h3-8H,9-12H2,1-2H3/b8-5+. The van der Waals surface area contributed by atoms with Gasteiger partial charge >= 0.3 is 5.51 Å². The topological polar surface area (TPSA) is 60.9 Å². The van der Waals surface area contributed by atoms with Crippen molar-refractivity contribution in [2.45, 2.75) is 10.4 Å². The lowest BCUT2D eigenvalue weighted by atomic mass is 10.2. The first-order valence-corrected chi connectivity index (χ1v) is 10.2. The van der Waals surface area contributed by atoms with Crippen molar-refractivity contribution in [3.8, 4) is 0 Å². The average Bonchev–Trinajstić information content (AvgIpc) is 2.59. The number of rotatable bonds is 5. The van der Waals surface area contributed by atoms with E-state index in [1.165, 1.54) is 59.7 Å². The predicted molar refractivity (Wildman–Crippen MR) is 98.1 cm³/mol. The minimum Gasteiger partial charge on any atom is -0.337 e. The van der Waals surface area contributed by atoms with Crippen molar-refractivity contribution in [1.82, 2.24) is 13.5 Å². The smallest absolute Gasteiger partial charge is 0.337 e. The fraction of sp³-hybridized carbons (Fsp3) is 0.438. The van der Waals surface area contributed by atoms with Gasteiger partial charge in [0.1, 0.15) is 0 Å². The third-order valence-corrected chi connectivity index (χ3v) is 6.55. The fourth-order valence-corrected chi connectivity index (χ4v) is 4.05. The minimum absolute atomic E-state index is 0.0733. The summed E-state index contributed by atoms with van der Waals surface area (Å²) in [4.78, 5) is 13.8. The number of nitrogens with zero attached hydrogens (tertiary/aromatic N) is 3. The Morgan fingerprint density at radius 1 is 1.11 bits per heavy atom. The second-order valence-electron chi connectivity index (χ2n) is 5.96. The zero-order chi connectivity index (χ0) is 20.2. The van der Waals surface area contributed by atoms with Gasteiger partial charge in [-0.15, -0.1) is 0 Å². The van der Waals surface area contributed by atoms with Crippen molar-refractivity contribution in [2.24, 2.45) is 0 Å². The third kappa shape index (κ3) is 6.23. The van der Waals surface area contributed by atoms with Crippen LogP contribution in [-0.2, 0) is 15.0 Å². The van der Waals surface area contributed by atoms with Crippen molar-refractivity contribution < 1.29 is 26.4 Å². The zero-order valence-corrected chi connectivity index (χ0v) is 16.4. The van der Waals surface area contributed by atoms with Crippen LogP contribution in [0.25, 0.3) is 6.08 Å². The van der Waals surface area contributed by atoms with Crippen LogP contribution in [0.15, 0.2) is 35.2 Å². The number of hydrogen-bond acceptors (Lipinski definition) is 4. The van der Waals surface area contributed by atoms with Gasteiger partial charge in [0, 0.05) is 51.2 Å². The van der Waals surface area contributed by atoms with Gasteiger partial charge in [-0.3, -0.25) is 4.79 Å². The molecule has 0 aromatic heterocycles. The predicted octanol–water partition coefficient (Wildman–Crippen LogP) is 2.26. The highest BCUT2D eigenvalue weighted by atomic mass is 32.2. The van der Waals surface area contributed by atoms with Gasteiger partial charge in [0.15, 0.2) is 0 Å². The number of halogens is 3. The molecule has 1 heterocycles. The molecule has 1 fully saturated rings. The van der Waals surface area contributed by atoms with Gasteiger partial charge in [0.2, 0.25) is 5.91 Å². The fourth-order valence-electron chi connectivity index (χ4n) is 2.42. The molecule has 0 radical (unpaired) electrons. The lowest BCUT2D eigenvalue weighted by Gasteiger charge is -2.34. The van der Waals surface area contributed by atoms with E-state index in [2.05, 4.69) is 0 Å². The summed E-state index contributed by atoms with van der Waals surface area (Å²) in [6.45, 7) is 0.974. The summed E-state index contributed by atoms with van der Waals surface area (Å²) < 4.78 is 63.5. The zero-order valence-electron chi connectivity index (χ0n) is 14.8. The Morgan fingerprint density at radius 3 is 2.15 bits per heavy atom. The molecule has 0 unspecified atom stereocenters. The third-order valence-electron chi connectivity index (χ3n) is 3.87. The molecule has 0 N–H and O–H groups in total. The molecule has 1 aromatic carbocycles. The van der Waals surface area contributed by atoms with Crippen molar-refractivity contribution in [3.63, 3.8) is 0 Å². The largest absolute Gasteiger partial charge is 0.446 e. The number of carbonyl (C=O) groups is 1. The summed E-state index contributed by atoms with van der Waals surface area (Å²) in [6.07, 6.45) is 2.86. The van der Waals surface area contributed by atoms with E-state index < -0.39 is 15.7 Å². The maximum absolute atomic E-state index is 12.3. The van der Waals surface area contributed by atoms with E-state index in [4.69, 9.17) is 0 Å². The first-order chi connectivity index (χ1) is 12.5. The highest BCUT2D eigenvalue weighted by Gasteiger charge is 2.30. The molecule has 0 atom stereocenters. The van der Waals surface area contributed by atoms with E-state index in [1.807, 2.05) is 0 Å². The van der Waals surface area contributed by atoms with E-state index in [0.717, 1.165) is 4.31 Å². The van der Waals surface area contributed by atoms with E-state index in [1.54, 1.807) is 0 Å². The SMILES string of the molecule is CN(C)S(=O)(=O)N1CCN(C(=O)/C=C/c2ccc(SC(F)(F)F)cc2)CC1. The lowest BCUT2D eigenvalue weighted by molar-refractivity contribution is -0.127.